The zero-order valence-electron chi connectivity index (χ0n) is 11.9. The van der Waals surface area contributed by atoms with Crippen LogP contribution in [-0.4, -0.2) is 21.3 Å². The van der Waals surface area contributed by atoms with Gasteiger partial charge in [-0.1, -0.05) is 6.07 Å². The summed E-state index contributed by atoms with van der Waals surface area (Å²) in [5.74, 6) is 0.138. The summed E-state index contributed by atoms with van der Waals surface area (Å²) in [5.41, 5.74) is 1.79. The largest absolute Gasteiger partial charge is 0.298 e. The van der Waals surface area contributed by atoms with E-state index in [1.165, 1.54) is 23.9 Å². The van der Waals surface area contributed by atoms with Gasteiger partial charge in [-0.3, -0.25) is 9.48 Å². The molecule has 112 valence electrons. The Balaban J connectivity index is 1.99. The second kappa shape index (κ2) is 7.22. The first-order valence-electron chi connectivity index (χ1n) is 6.63. The summed E-state index contributed by atoms with van der Waals surface area (Å²) in [6, 6.07) is 6.28. The van der Waals surface area contributed by atoms with Crippen molar-refractivity contribution in [2.45, 2.75) is 31.7 Å². The second-order valence-electron chi connectivity index (χ2n) is 4.62. The summed E-state index contributed by atoms with van der Waals surface area (Å²) >= 11 is 4.84. The molecule has 2 aromatic rings. The molecule has 0 aliphatic rings. The van der Waals surface area contributed by atoms with E-state index in [0.717, 1.165) is 27.3 Å². The lowest BCUT2D eigenvalue weighted by molar-refractivity contribution is -0.116. The highest BCUT2D eigenvalue weighted by Crippen LogP contribution is 2.23. The molecule has 1 heterocycles. The molecule has 2 rings (SSSR count). The van der Waals surface area contributed by atoms with Crippen molar-refractivity contribution in [1.82, 2.24) is 9.78 Å². The molecule has 0 unspecified atom stereocenters. The number of halogens is 2. The lowest BCUT2D eigenvalue weighted by atomic mass is 10.2. The third-order valence-electron chi connectivity index (χ3n) is 3.01. The molecule has 3 nitrogen and oxygen atoms in total. The summed E-state index contributed by atoms with van der Waals surface area (Å²) in [6.07, 6.45) is 0.331. The Bertz CT molecular complexity index is 657. The van der Waals surface area contributed by atoms with Crippen molar-refractivity contribution < 1.29 is 9.18 Å². The molecular weight excluding hydrogens is 355 g/mol. The van der Waals surface area contributed by atoms with E-state index in [1.54, 1.807) is 12.1 Å². The molecule has 0 aliphatic heterocycles. The van der Waals surface area contributed by atoms with Crippen LogP contribution in [-0.2, 0) is 17.8 Å². The number of nitrogens with zero attached hydrogens (tertiary/aromatic N) is 2. The molecule has 0 spiro atoms. The fraction of sp³-hybridized carbons (Fsp3) is 0.333. The predicted octanol–water partition coefficient (Wildman–Crippen LogP) is 4.02. The maximum atomic E-state index is 13.1. The first kappa shape index (κ1) is 16.2. The molecule has 0 bridgehead atoms. The molecule has 0 fully saturated rings. The predicted molar refractivity (Wildman–Crippen MR) is 86.2 cm³/mol. The zero-order chi connectivity index (χ0) is 15.4. The minimum atomic E-state index is -0.283. The van der Waals surface area contributed by atoms with Crippen LogP contribution in [0.5, 0.6) is 0 Å². The number of aryl methyl sites for hydroxylation is 2. The van der Waals surface area contributed by atoms with E-state index in [0.29, 0.717) is 12.2 Å². The van der Waals surface area contributed by atoms with Crippen molar-refractivity contribution in [3.05, 3.63) is 45.9 Å². The quantitative estimate of drug-likeness (QED) is 0.720. The maximum Gasteiger partial charge on any atom is 0.149 e. The Morgan fingerprint density at radius 2 is 2.24 bits per heavy atom. The Hall–Kier alpha value is -1.14. The monoisotopic (exact) mass is 370 g/mol. The van der Waals surface area contributed by atoms with Gasteiger partial charge in [0.25, 0.3) is 0 Å². The summed E-state index contributed by atoms with van der Waals surface area (Å²) in [7, 11) is 0. The molecular formula is C15H16BrFN2OS. The Labute approximate surface area is 136 Å². The average Bonchev–Trinajstić information content (AvgIpc) is 2.73. The van der Waals surface area contributed by atoms with Crippen molar-refractivity contribution in [3.8, 4) is 0 Å². The maximum absolute atomic E-state index is 13.1. The Morgan fingerprint density at radius 3 is 2.90 bits per heavy atom. The second-order valence-corrected chi connectivity index (χ2v) is 6.47. The van der Waals surface area contributed by atoms with Gasteiger partial charge in [0.15, 0.2) is 0 Å². The molecule has 0 radical (unpaired) electrons. The van der Waals surface area contributed by atoms with Crippen LogP contribution in [0.1, 0.15) is 18.3 Å². The number of hydrogen-bond donors (Lipinski definition) is 0. The number of ketones is 1. The van der Waals surface area contributed by atoms with Gasteiger partial charge >= 0.3 is 0 Å². The van der Waals surface area contributed by atoms with Crippen LogP contribution >= 0.6 is 27.7 Å². The molecule has 0 amide bonds. The summed E-state index contributed by atoms with van der Waals surface area (Å²) in [5, 5.41) is 4.37. The number of carbonyl (C=O) groups is 1. The third kappa shape index (κ3) is 4.17. The minimum absolute atomic E-state index is 0.0968. The highest BCUT2D eigenvalue weighted by atomic mass is 79.9. The number of aromatic nitrogens is 2. The van der Waals surface area contributed by atoms with E-state index >= 15 is 0 Å². The van der Waals surface area contributed by atoms with E-state index in [2.05, 4.69) is 21.0 Å². The van der Waals surface area contributed by atoms with Crippen molar-refractivity contribution >= 4 is 33.5 Å². The molecule has 0 atom stereocenters. The molecule has 6 heteroatoms. The van der Waals surface area contributed by atoms with Crippen molar-refractivity contribution in [2.24, 2.45) is 0 Å². The molecule has 1 aromatic heterocycles. The van der Waals surface area contributed by atoms with Gasteiger partial charge in [0.05, 0.1) is 28.0 Å². The van der Waals surface area contributed by atoms with Gasteiger partial charge in [-0.2, -0.15) is 5.10 Å². The number of hydrogen-bond acceptors (Lipinski definition) is 3. The lowest BCUT2D eigenvalue weighted by Crippen LogP contribution is -2.11. The van der Waals surface area contributed by atoms with Gasteiger partial charge in [-0.05, 0) is 48.0 Å². The van der Waals surface area contributed by atoms with Crippen molar-refractivity contribution in [1.29, 1.82) is 0 Å². The number of thioether (sulfide) groups is 1. The van der Waals surface area contributed by atoms with Crippen LogP contribution in [0.25, 0.3) is 0 Å². The number of rotatable bonds is 6. The van der Waals surface area contributed by atoms with Gasteiger partial charge in [0, 0.05) is 11.4 Å². The summed E-state index contributed by atoms with van der Waals surface area (Å²) in [4.78, 5) is 12.9. The Morgan fingerprint density at radius 1 is 1.48 bits per heavy atom. The van der Waals surface area contributed by atoms with Crippen LogP contribution in [0, 0.1) is 12.7 Å². The molecule has 21 heavy (non-hydrogen) atoms. The third-order valence-corrected chi connectivity index (χ3v) is 5.10. The highest BCUT2D eigenvalue weighted by Gasteiger charge is 2.15. The normalized spacial score (nSPS) is 10.9. The average molecular weight is 371 g/mol. The first-order chi connectivity index (χ1) is 10.0. The van der Waals surface area contributed by atoms with E-state index in [1.807, 2.05) is 18.5 Å². The fourth-order valence-electron chi connectivity index (χ4n) is 2.00. The zero-order valence-corrected chi connectivity index (χ0v) is 14.3. The summed E-state index contributed by atoms with van der Waals surface area (Å²) in [6.45, 7) is 4.63. The fourth-order valence-corrected chi connectivity index (χ4v) is 3.22. The molecule has 0 saturated carbocycles. The summed E-state index contributed by atoms with van der Waals surface area (Å²) < 4.78 is 15.8. The number of benzene rings is 1. The molecule has 1 aromatic carbocycles. The topological polar surface area (TPSA) is 34.9 Å². The molecule has 0 aliphatic carbocycles. The van der Waals surface area contributed by atoms with Crippen LogP contribution in [0.15, 0.2) is 33.6 Å². The SMILES string of the molecule is CCn1nc(C)c(Br)c1CC(=O)CSc1cccc(F)c1. The number of Topliss-reactive ketones (excluding diaryl/α,β-unsaturated/α-hetero) is 1. The van der Waals surface area contributed by atoms with Gasteiger partial charge in [0.1, 0.15) is 11.6 Å². The van der Waals surface area contributed by atoms with Gasteiger partial charge in [-0.15, -0.1) is 11.8 Å². The van der Waals surface area contributed by atoms with E-state index in [4.69, 9.17) is 0 Å². The molecule has 0 saturated heterocycles. The van der Waals surface area contributed by atoms with Crippen LogP contribution < -0.4 is 0 Å². The van der Waals surface area contributed by atoms with Crippen LogP contribution in [0.4, 0.5) is 4.39 Å². The minimum Gasteiger partial charge on any atom is -0.298 e. The standard InChI is InChI=1S/C15H16BrFN2OS/c1-3-19-14(15(16)10(2)18-19)8-12(20)9-21-13-6-4-5-11(17)7-13/h4-7H,3,8-9H2,1-2H3. The van der Waals surface area contributed by atoms with Crippen LogP contribution in [0.3, 0.4) is 0 Å². The van der Waals surface area contributed by atoms with Gasteiger partial charge < -0.3 is 0 Å². The first-order valence-corrected chi connectivity index (χ1v) is 8.41. The van der Waals surface area contributed by atoms with Crippen molar-refractivity contribution in [3.63, 3.8) is 0 Å². The molecule has 0 N–H and O–H groups in total. The smallest absolute Gasteiger partial charge is 0.149 e. The van der Waals surface area contributed by atoms with Gasteiger partial charge in [0.2, 0.25) is 0 Å². The highest BCUT2D eigenvalue weighted by molar-refractivity contribution is 9.10. The number of carbonyl (C=O) groups excluding carboxylic acids is 1. The lowest BCUT2D eigenvalue weighted by Gasteiger charge is -2.05. The van der Waals surface area contributed by atoms with E-state index in [-0.39, 0.29) is 11.6 Å². The van der Waals surface area contributed by atoms with Gasteiger partial charge in [-0.25, -0.2) is 4.39 Å². The Kier molecular flexibility index (Phi) is 5.58. The van der Waals surface area contributed by atoms with E-state index in [9.17, 15) is 9.18 Å². The van der Waals surface area contributed by atoms with E-state index < -0.39 is 0 Å². The van der Waals surface area contributed by atoms with Crippen molar-refractivity contribution in [2.75, 3.05) is 5.75 Å². The van der Waals surface area contributed by atoms with Crippen LogP contribution in [0.2, 0.25) is 0 Å².